The number of hydrogen-bond donors (Lipinski definition) is 2. The van der Waals surface area contributed by atoms with Crippen molar-refractivity contribution >= 4 is 23.1 Å². The number of fused-ring (bicyclic) bond motifs is 1. The van der Waals surface area contributed by atoms with Crippen molar-refractivity contribution in [3.8, 4) is 0 Å². The second-order valence-electron chi connectivity index (χ2n) is 6.94. The van der Waals surface area contributed by atoms with Gasteiger partial charge in [0.05, 0.1) is 24.1 Å². The van der Waals surface area contributed by atoms with Gasteiger partial charge in [-0.1, -0.05) is 0 Å². The van der Waals surface area contributed by atoms with Gasteiger partial charge in [-0.25, -0.2) is 13.9 Å². The third kappa shape index (κ3) is 3.47. The Morgan fingerprint density at radius 2 is 2.25 bits per heavy atom. The predicted octanol–water partition coefficient (Wildman–Crippen LogP) is 2.59. The van der Waals surface area contributed by atoms with Gasteiger partial charge in [0.2, 0.25) is 0 Å². The Labute approximate surface area is 160 Å². The molecule has 1 unspecified atom stereocenters. The van der Waals surface area contributed by atoms with Gasteiger partial charge < -0.3 is 15.7 Å². The lowest BCUT2D eigenvalue weighted by molar-refractivity contribution is -0.137. The number of aliphatic carboxylic acids is 1. The quantitative estimate of drug-likeness (QED) is 0.672. The minimum Gasteiger partial charge on any atom is -0.481 e. The van der Waals surface area contributed by atoms with E-state index in [2.05, 4.69) is 20.0 Å². The van der Waals surface area contributed by atoms with Crippen molar-refractivity contribution in [1.29, 1.82) is 0 Å². The van der Waals surface area contributed by atoms with Gasteiger partial charge >= 0.3 is 5.97 Å². The summed E-state index contributed by atoms with van der Waals surface area (Å²) in [6.45, 7) is 0.785. The van der Waals surface area contributed by atoms with Crippen LogP contribution in [0.2, 0.25) is 0 Å². The molecular weight excluding hydrogens is 363 g/mol. The van der Waals surface area contributed by atoms with E-state index in [9.17, 15) is 9.18 Å². The third-order valence-electron chi connectivity index (χ3n) is 5.06. The fourth-order valence-corrected chi connectivity index (χ4v) is 3.79. The number of nitrogen functional groups attached to an aromatic ring is 1. The minimum atomic E-state index is -0.845. The molecule has 3 N–H and O–H groups in total. The predicted molar refractivity (Wildman–Crippen MR) is 101 cm³/mol. The van der Waals surface area contributed by atoms with Gasteiger partial charge in [0, 0.05) is 24.9 Å². The number of nitrogens with zero attached hydrogens (tertiary/aromatic N) is 5. The fourth-order valence-electron chi connectivity index (χ4n) is 3.79. The van der Waals surface area contributed by atoms with Gasteiger partial charge in [-0.2, -0.15) is 5.10 Å². The Morgan fingerprint density at radius 1 is 1.39 bits per heavy atom. The zero-order chi connectivity index (χ0) is 19.7. The van der Waals surface area contributed by atoms with E-state index in [1.165, 1.54) is 12.3 Å². The summed E-state index contributed by atoms with van der Waals surface area (Å²) < 4.78 is 15.6. The molecule has 3 aromatic heterocycles. The Balaban J connectivity index is 1.66. The molecule has 0 bridgehead atoms. The summed E-state index contributed by atoms with van der Waals surface area (Å²) in [6.07, 6.45) is 7.36. The zero-order valence-corrected chi connectivity index (χ0v) is 15.3. The average molecular weight is 384 g/mol. The number of carboxylic acids is 1. The second-order valence-corrected chi connectivity index (χ2v) is 6.94. The summed E-state index contributed by atoms with van der Waals surface area (Å²) in [6, 6.07) is 3.31. The second kappa shape index (κ2) is 7.41. The van der Waals surface area contributed by atoms with Crippen LogP contribution in [-0.4, -0.2) is 37.2 Å². The molecule has 1 fully saturated rings. The molecule has 4 heterocycles. The molecular formula is C19H21FN6O2. The van der Waals surface area contributed by atoms with E-state index < -0.39 is 11.8 Å². The van der Waals surface area contributed by atoms with Crippen molar-refractivity contribution in [3.05, 3.63) is 47.8 Å². The molecule has 3 aromatic rings. The first-order valence-corrected chi connectivity index (χ1v) is 9.25. The number of carbonyl (C=O) groups is 1. The summed E-state index contributed by atoms with van der Waals surface area (Å²) in [7, 11) is 0. The zero-order valence-electron chi connectivity index (χ0n) is 15.3. The van der Waals surface area contributed by atoms with E-state index in [4.69, 9.17) is 10.8 Å². The molecule has 1 atom stereocenters. The van der Waals surface area contributed by atoms with Crippen LogP contribution in [-0.2, 0) is 11.2 Å². The van der Waals surface area contributed by atoms with E-state index in [0.29, 0.717) is 24.2 Å². The molecule has 0 saturated carbocycles. The molecule has 0 amide bonds. The molecule has 146 valence electrons. The van der Waals surface area contributed by atoms with Gasteiger partial charge in [0.25, 0.3) is 0 Å². The highest BCUT2D eigenvalue weighted by Gasteiger charge is 2.30. The van der Waals surface area contributed by atoms with Crippen molar-refractivity contribution in [2.75, 3.05) is 17.2 Å². The van der Waals surface area contributed by atoms with Gasteiger partial charge in [0.15, 0.2) is 5.65 Å². The topological polar surface area (TPSA) is 110 Å². The van der Waals surface area contributed by atoms with Crippen LogP contribution in [0.25, 0.3) is 5.65 Å². The maximum absolute atomic E-state index is 14.0. The van der Waals surface area contributed by atoms with Crippen molar-refractivity contribution in [1.82, 2.24) is 19.6 Å². The maximum atomic E-state index is 14.0. The van der Waals surface area contributed by atoms with Crippen LogP contribution in [0.1, 0.15) is 43.0 Å². The molecule has 0 aliphatic carbocycles. The number of anilines is 2. The number of nitrogens with two attached hydrogens (primary N) is 1. The number of carboxylic acid groups (broad SMARTS) is 1. The van der Waals surface area contributed by atoms with E-state index in [-0.39, 0.29) is 12.5 Å². The van der Waals surface area contributed by atoms with Gasteiger partial charge in [-0.3, -0.25) is 9.78 Å². The first-order valence-electron chi connectivity index (χ1n) is 9.25. The monoisotopic (exact) mass is 384 g/mol. The lowest BCUT2D eigenvalue weighted by Crippen LogP contribution is -2.25. The lowest BCUT2D eigenvalue weighted by Gasteiger charge is -2.27. The van der Waals surface area contributed by atoms with Crippen molar-refractivity contribution < 1.29 is 14.3 Å². The maximum Gasteiger partial charge on any atom is 0.303 e. The smallest absolute Gasteiger partial charge is 0.303 e. The number of halogens is 1. The van der Waals surface area contributed by atoms with Gasteiger partial charge in [0.1, 0.15) is 11.6 Å². The summed E-state index contributed by atoms with van der Waals surface area (Å²) in [5.41, 5.74) is 8.56. The number of aryl methyl sites for hydroxylation is 1. The molecule has 0 radical (unpaired) electrons. The first kappa shape index (κ1) is 18.1. The molecule has 1 aliphatic heterocycles. The molecule has 0 spiro atoms. The molecule has 8 nitrogen and oxygen atoms in total. The Hall–Kier alpha value is -3.23. The molecule has 0 aromatic carbocycles. The lowest BCUT2D eigenvalue weighted by atomic mass is 9.99. The van der Waals surface area contributed by atoms with Gasteiger partial charge in [-0.15, -0.1) is 0 Å². The molecule has 1 aliphatic rings. The van der Waals surface area contributed by atoms with Crippen LogP contribution in [0.15, 0.2) is 30.7 Å². The molecule has 1 saturated heterocycles. The number of aromatic nitrogens is 4. The van der Waals surface area contributed by atoms with Gasteiger partial charge in [-0.05, 0) is 43.4 Å². The molecule has 4 rings (SSSR count). The van der Waals surface area contributed by atoms with E-state index in [1.807, 2.05) is 6.07 Å². The number of hydrogen-bond acceptors (Lipinski definition) is 6. The standard InChI is InChI=1S/C19H21FN6O2/c20-12-9-13(15(22-10-12)3-1-5-18(27)28)16-4-2-7-25(16)17-6-8-26-19(24-17)14(21)11-23-26/h6,8-11,16H,1-5,7,21H2,(H,27,28). The van der Waals surface area contributed by atoms with Crippen LogP contribution in [0, 0.1) is 5.82 Å². The molecule has 9 heteroatoms. The molecule has 28 heavy (non-hydrogen) atoms. The van der Waals surface area contributed by atoms with E-state index in [1.54, 1.807) is 16.9 Å². The Bertz CT molecular complexity index is 1020. The van der Waals surface area contributed by atoms with Crippen LogP contribution >= 0.6 is 0 Å². The highest BCUT2D eigenvalue weighted by Crippen LogP contribution is 2.37. The minimum absolute atomic E-state index is 0.0611. The van der Waals surface area contributed by atoms with Crippen LogP contribution in [0.4, 0.5) is 15.9 Å². The van der Waals surface area contributed by atoms with Crippen LogP contribution < -0.4 is 10.6 Å². The summed E-state index contributed by atoms with van der Waals surface area (Å²) in [5.74, 6) is -0.489. The van der Waals surface area contributed by atoms with E-state index in [0.717, 1.165) is 36.5 Å². The number of pyridine rings is 1. The largest absolute Gasteiger partial charge is 0.481 e. The summed E-state index contributed by atoms with van der Waals surface area (Å²) in [4.78, 5) is 21.8. The highest BCUT2D eigenvalue weighted by molar-refractivity contribution is 5.67. The van der Waals surface area contributed by atoms with Crippen molar-refractivity contribution in [2.24, 2.45) is 0 Å². The Morgan fingerprint density at radius 3 is 3.07 bits per heavy atom. The average Bonchev–Trinajstić information content (AvgIpc) is 3.29. The van der Waals surface area contributed by atoms with Crippen LogP contribution in [0.5, 0.6) is 0 Å². The highest BCUT2D eigenvalue weighted by atomic mass is 19.1. The van der Waals surface area contributed by atoms with Crippen molar-refractivity contribution in [3.63, 3.8) is 0 Å². The SMILES string of the molecule is Nc1cnn2ccc(N3CCCC3c3cc(F)cnc3CCCC(=O)O)nc12. The number of rotatable bonds is 6. The third-order valence-corrected chi connectivity index (χ3v) is 5.06. The summed E-state index contributed by atoms with van der Waals surface area (Å²) >= 11 is 0. The Kier molecular flexibility index (Phi) is 4.81. The van der Waals surface area contributed by atoms with E-state index >= 15 is 0 Å². The van der Waals surface area contributed by atoms with Crippen LogP contribution in [0.3, 0.4) is 0 Å². The first-order chi connectivity index (χ1) is 13.5. The fraction of sp³-hybridized carbons (Fsp3) is 0.368. The summed E-state index contributed by atoms with van der Waals surface area (Å²) in [5, 5.41) is 13.0. The van der Waals surface area contributed by atoms with Crippen molar-refractivity contribution in [2.45, 2.75) is 38.1 Å². The normalized spacial score (nSPS) is 16.8.